The van der Waals surface area contributed by atoms with E-state index in [2.05, 4.69) is 20.8 Å². The van der Waals surface area contributed by atoms with Gasteiger partial charge in [0.15, 0.2) is 0 Å². The summed E-state index contributed by atoms with van der Waals surface area (Å²) in [6, 6.07) is 8.48. The highest BCUT2D eigenvalue weighted by Gasteiger charge is 2.31. The number of nitrogens with zero attached hydrogens (tertiary/aromatic N) is 3. The molecular formula is C23H35N3O4. The second-order valence-electron chi connectivity index (χ2n) is 8.76. The second kappa shape index (κ2) is 10.6. The Morgan fingerprint density at radius 2 is 1.90 bits per heavy atom. The van der Waals surface area contributed by atoms with E-state index in [4.69, 9.17) is 9.47 Å². The zero-order chi connectivity index (χ0) is 20.8. The number of β-amino-alcohol motifs (C(OH)–C–C–N with tert-alkyl or cyclic N) is 1. The first-order chi connectivity index (χ1) is 14.7. The average molecular weight is 418 g/mol. The number of piperazine rings is 1. The summed E-state index contributed by atoms with van der Waals surface area (Å²) in [5.41, 5.74) is 1.14. The highest BCUT2D eigenvalue weighted by Crippen LogP contribution is 2.25. The van der Waals surface area contributed by atoms with Crippen LogP contribution in [0.2, 0.25) is 0 Å². The number of rotatable bonds is 8. The zero-order valence-corrected chi connectivity index (χ0v) is 17.9. The number of amides is 1. The molecule has 1 aromatic rings. The number of morpholine rings is 1. The maximum atomic E-state index is 12.6. The first-order valence-electron chi connectivity index (χ1n) is 11.4. The van der Waals surface area contributed by atoms with Crippen molar-refractivity contribution in [3.8, 4) is 5.75 Å². The first kappa shape index (κ1) is 21.6. The molecule has 3 aliphatic rings. The van der Waals surface area contributed by atoms with E-state index >= 15 is 0 Å². The molecule has 4 rings (SSSR count). The molecule has 1 amide bonds. The van der Waals surface area contributed by atoms with Crippen molar-refractivity contribution in [3.05, 3.63) is 29.8 Å². The number of benzene rings is 1. The minimum Gasteiger partial charge on any atom is -0.491 e. The van der Waals surface area contributed by atoms with Crippen LogP contribution in [0.4, 0.5) is 0 Å². The van der Waals surface area contributed by atoms with E-state index in [0.29, 0.717) is 19.1 Å². The van der Waals surface area contributed by atoms with Crippen LogP contribution in [-0.2, 0) is 16.1 Å². The Bertz CT molecular complexity index is 689. The van der Waals surface area contributed by atoms with Crippen molar-refractivity contribution in [2.24, 2.45) is 0 Å². The molecule has 2 saturated heterocycles. The van der Waals surface area contributed by atoms with Gasteiger partial charge in [-0.25, -0.2) is 0 Å². The van der Waals surface area contributed by atoms with E-state index in [0.717, 1.165) is 57.3 Å². The number of carbonyl (C=O) groups excluding carboxylic acids is 1. The van der Waals surface area contributed by atoms with Crippen molar-refractivity contribution in [1.29, 1.82) is 0 Å². The summed E-state index contributed by atoms with van der Waals surface area (Å²) in [7, 11) is 0. The van der Waals surface area contributed by atoms with Crippen LogP contribution in [0.5, 0.6) is 5.75 Å². The van der Waals surface area contributed by atoms with Gasteiger partial charge in [0, 0.05) is 45.3 Å². The van der Waals surface area contributed by atoms with Crippen LogP contribution in [0.1, 0.15) is 31.2 Å². The highest BCUT2D eigenvalue weighted by molar-refractivity contribution is 5.79. The van der Waals surface area contributed by atoms with Gasteiger partial charge in [-0.05, 0) is 30.5 Å². The van der Waals surface area contributed by atoms with Crippen LogP contribution >= 0.6 is 0 Å². The van der Waals surface area contributed by atoms with E-state index in [-0.39, 0.29) is 12.5 Å². The number of aliphatic hydroxyl groups is 1. The normalized spacial score (nSPS) is 23.1. The number of hydrogen-bond donors (Lipinski definition) is 1. The molecule has 2 aliphatic heterocycles. The van der Waals surface area contributed by atoms with Crippen LogP contribution < -0.4 is 4.74 Å². The summed E-state index contributed by atoms with van der Waals surface area (Å²) < 4.78 is 11.2. The Hall–Kier alpha value is -1.67. The first-order valence-corrected chi connectivity index (χ1v) is 11.4. The molecule has 0 spiro atoms. The fourth-order valence-electron chi connectivity index (χ4n) is 4.79. The van der Waals surface area contributed by atoms with Crippen molar-refractivity contribution >= 4 is 5.91 Å². The van der Waals surface area contributed by atoms with Gasteiger partial charge >= 0.3 is 0 Å². The van der Waals surface area contributed by atoms with Gasteiger partial charge < -0.3 is 19.5 Å². The minimum absolute atomic E-state index is 0.270. The van der Waals surface area contributed by atoms with Gasteiger partial charge in [0.05, 0.1) is 19.8 Å². The van der Waals surface area contributed by atoms with Gasteiger partial charge in [-0.2, -0.15) is 0 Å². The van der Waals surface area contributed by atoms with Gasteiger partial charge in [-0.1, -0.05) is 25.0 Å². The number of aliphatic hydroxyl groups excluding tert-OH is 1. The minimum atomic E-state index is -0.520. The lowest BCUT2D eigenvalue weighted by Crippen LogP contribution is -2.53. The molecule has 1 aromatic carbocycles. The predicted molar refractivity (Wildman–Crippen MR) is 114 cm³/mol. The van der Waals surface area contributed by atoms with E-state index in [1.165, 1.54) is 25.7 Å². The van der Waals surface area contributed by atoms with Crippen LogP contribution in [0.25, 0.3) is 0 Å². The third-order valence-corrected chi connectivity index (χ3v) is 6.42. The van der Waals surface area contributed by atoms with E-state index in [1.807, 2.05) is 18.2 Å². The lowest BCUT2D eigenvalue weighted by molar-refractivity contribution is -0.138. The molecule has 3 fully saturated rings. The fourth-order valence-corrected chi connectivity index (χ4v) is 4.79. The van der Waals surface area contributed by atoms with Crippen LogP contribution in [-0.4, -0.2) is 96.9 Å². The topological polar surface area (TPSA) is 65.5 Å². The van der Waals surface area contributed by atoms with Crippen LogP contribution in [0.15, 0.2) is 24.3 Å². The summed E-state index contributed by atoms with van der Waals surface area (Å²) in [5, 5.41) is 10.3. The number of ether oxygens (including phenoxy) is 2. The van der Waals surface area contributed by atoms with Gasteiger partial charge in [0.2, 0.25) is 5.91 Å². The van der Waals surface area contributed by atoms with Gasteiger partial charge in [-0.15, -0.1) is 0 Å². The highest BCUT2D eigenvalue weighted by atomic mass is 16.5. The molecule has 1 aliphatic carbocycles. The standard InChI is InChI=1S/C23H35N3O4/c27-21(16-24-10-12-29-13-11-24)18-30-22-7-3-4-19(14-22)15-25-8-9-26(23(28)17-25)20-5-1-2-6-20/h3-4,7,14,20-21,27H,1-2,5-6,8-13,15-18H2. The summed E-state index contributed by atoms with van der Waals surface area (Å²) in [5.74, 6) is 1.04. The summed E-state index contributed by atoms with van der Waals surface area (Å²) in [4.78, 5) is 19.1. The predicted octanol–water partition coefficient (Wildman–Crippen LogP) is 1.35. The molecule has 1 atom stereocenters. The lowest BCUT2D eigenvalue weighted by Gasteiger charge is -2.37. The molecule has 0 bridgehead atoms. The maximum absolute atomic E-state index is 12.6. The Morgan fingerprint density at radius 3 is 2.67 bits per heavy atom. The van der Waals surface area contributed by atoms with Gasteiger partial charge in [-0.3, -0.25) is 14.6 Å². The molecule has 1 N–H and O–H groups in total. The third-order valence-electron chi connectivity index (χ3n) is 6.42. The molecule has 166 valence electrons. The van der Waals surface area contributed by atoms with Gasteiger partial charge in [0.25, 0.3) is 0 Å². The Labute approximate surface area is 179 Å². The van der Waals surface area contributed by atoms with E-state index in [9.17, 15) is 9.90 Å². The summed E-state index contributed by atoms with van der Waals surface area (Å²) in [6.45, 7) is 7.07. The number of carbonyl (C=O) groups is 1. The molecule has 1 unspecified atom stereocenters. The molecule has 2 heterocycles. The van der Waals surface area contributed by atoms with E-state index < -0.39 is 6.10 Å². The monoisotopic (exact) mass is 417 g/mol. The van der Waals surface area contributed by atoms with Crippen LogP contribution in [0, 0.1) is 0 Å². The molecule has 30 heavy (non-hydrogen) atoms. The van der Waals surface area contributed by atoms with Crippen molar-refractivity contribution in [2.45, 2.75) is 44.4 Å². The molecular weight excluding hydrogens is 382 g/mol. The molecule has 7 heteroatoms. The van der Waals surface area contributed by atoms with Gasteiger partial charge in [0.1, 0.15) is 18.5 Å². The average Bonchev–Trinajstić information content (AvgIpc) is 3.28. The summed E-state index contributed by atoms with van der Waals surface area (Å²) in [6.07, 6.45) is 4.33. The SMILES string of the molecule is O=C1CN(Cc2cccc(OCC(O)CN3CCOCC3)c2)CCN1C1CCCC1. The fraction of sp³-hybridized carbons (Fsp3) is 0.696. The Balaban J connectivity index is 1.23. The maximum Gasteiger partial charge on any atom is 0.237 e. The second-order valence-corrected chi connectivity index (χ2v) is 8.76. The quantitative estimate of drug-likeness (QED) is 0.689. The van der Waals surface area contributed by atoms with E-state index in [1.54, 1.807) is 0 Å². The molecule has 7 nitrogen and oxygen atoms in total. The third kappa shape index (κ3) is 5.94. The van der Waals surface area contributed by atoms with Crippen molar-refractivity contribution < 1.29 is 19.4 Å². The van der Waals surface area contributed by atoms with Crippen molar-refractivity contribution in [2.75, 3.05) is 59.1 Å². The lowest BCUT2D eigenvalue weighted by atomic mass is 10.1. The molecule has 0 aromatic heterocycles. The Kier molecular flexibility index (Phi) is 7.60. The van der Waals surface area contributed by atoms with Crippen molar-refractivity contribution in [3.63, 3.8) is 0 Å². The zero-order valence-electron chi connectivity index (χ0n) is 17.9. The smallest absolute Gasteiger partial charge is 0.237 e. The van der Waals surface area contributed by atoms with Crippen molar-refractivity contribution in [1.82, 2.24) is 14.7 Å². The molecule has 0 radical (unpaired) electrons. The largest absolute Gasteiger partial charge is 0.491 e. The Morgan fingerprint density at radius 1 is 1.10 bits per heavy atom. The molecule has 1 saturated carbocycles. The summed E-state index contributed by atoms with van der Waals surface area (Å²) >= 11 is 0. The van der Waals surface area contributed by atoms with Crippen LogP contribution in [0.3, 0.4) is 0 Å². The number of hydrogen-bond acceptors (Lipinski definition) is 6.